The molecular weight excluding hydrogens is 243 g/mol. The fourth-order valence-corrected chi connectivity index (χ4v) is 3.48. The Labute approximate surface area is 108 Å². The predicted molar refractivity (Wildman–Crippen MR) is 75.8 cm³/mol. The second kappa shape index (κ2) is 6.42. The minimum atomic E-state index is -1.66. The smallest absolute Gasteiger partial charge is 0.122 e. The molecule has 0 aliphatic rings. The van der Waals surface area contributed by atoms with Gasteiger partial charge in [0, 0.05) is 17.9 Å². The molecule has 0 radical (unpaired) electrons. The molecule has 0 amide bonds. The zero-order valence-electron chi connectivity index (χ0n) is 10.4. The van der Waals surface area contributed by atoms with Crippen molar-refractivity contribution >= 4 is 7.80 Å². The van der Waals surface area contributed by atoms with Crippen LogP contribution >= 0.6 is 7.80 Å². The molecule has 0 bridgehead atoms. The molecule has 3 heteroatoms. The zero-order chi connectivity index (χ0) is 12.8. The molecule has 0 heterocycles. The average molecular weight is 260 g/mol. The lowest BCUT2D eigenvalue weighted by atomic mass is 10.2. The minimum Gasteiger partial charge on any atom is -0.496 e. The highest BCUT2D eigenvalue weighted by Gasteiger charge is 2.07. The van der Waals surface area contributed by atoms with Crippen molar-refractivity contribution in [3.8, 4) is 5.75 Å². The van der Waals surface area contributed by atoms with E-state index in [1.54, 1.807) is 7.11 Å². The van der Waals surface area contributed by atoms with Gasteiger partial charge in [-0.3, -0.25) is 0 Å². The van der Waals surface area contributed by atoms with E-state index in [1.165, 1.54) is 0 Å². The highest BCUT2D eigenvalue weighted by Crippen LogP contribution is 2.34. The van der Waals surface area contributed by atoms with E-state index in [4.69, 9.17) is 4.74 Å². The maximum atomic E-state index is 12.2. The lowest BCUT2D eigenvalue weighted by Crippen LogP contribution is -1.90. The first-order chi connectivity index (χ1) is 8.79. The molecule has 18 heavy (non-hydrogen) atoms. The second-order valence-electron chi connectivity index (χ2n) is 4.19. The van der Waals surface area contributed by atoms with Crippen LogP contribution in [0.4, 0.5) is 0 Å². The molecule has 1 unspecified atom stereocenters. The molecule has 1 atom stereocenters. The highest BCUT2D eigenvalue weighted by molar-refractivity contribution is 7.42. The molecule has 0 aliphatic heterocycles. The Morgan fingerprint density at radius 1 is 0.944 bits per heavy atom. The summed E-state index contributed by atoms with van der Waals surface area (Å²) in [6, 6.07) is 17.7. The van der Waals surface area contributed by atoms with Crippen LogP contribution in [-0.4, -0.2) is 7.11 Å². The van der Waals surface area contributed by atoms with E-state index < -0.39 is 7.80 Å². The summed E-state index contributed by atoms with van der Waals surface area (Å²) in [6.45, 7) is 0. The summed E-state index contributed by atoms with van der Waals surface area (Å²) in [6.07, 6.45) is 1.26. The molecule has 0 saturated carbocycles. The number of para-hydroxylation sites is 1. The molecule has 0 fully saturated rings. The van der Waals surface area contributed by atoms with Crippen molar-refractivity contribution in [2.24, 2.45) is 0 Å². The number of hydrogen-bond acceptors (Lipinski definition) is 2. The first-order valence-corrected chi connectivity index (χ1v) is 7.79. The fourth-order valence-electron chi connectivity index (χ4n) is 1.95. The molecule has 0 spiro atoms. The Bertz CT molecular complexity index is 523. The van der Waals surface area contributed by atoms with Crippen molar-refractivity contribution in [1.82, 2.24) is 0 Å². The van der Waals surface area contributed by atoms with Gasteiger partial charge >= 0.3 is 0 Å². The summed E-state index contributed by atoms with van der Waals surface area (Å²) in [5.74, 6) is 0.823. The van der Waals surface area contributed by atoms with Crippen LogP contribution in [0.2, 0.25) is 0 Å². The normalized spacial score (nSPS) is 12.1. The standard InChI is InChI=1S/C15H17O2P/c1-17-15-10-6-5-9-14(15)12-18(16)11-13-7-3-2-4-8-13/h2-10,18H,11-12H2,1H3. The van der Waals surface area contributed by atoms with E-state index in [0.717, 1.165) is 16.9 Å². The Morgan fingerprint density at radius 3 is 2.33 bits per heavy atom. The molecule has 0 N–H and O–H groups in total. The molecule has 94 valence electrons. The van der Waals surface area contributed by atoms with Crippen molar-refractivity contribution < 1.29 is 9.30 Å². The second-order valence-corrected chi connectivity index (χ2v) is 5.97. The number of methoxy groups -OCH3 is 1. The maximum absolute atomic E-state index is 12.2. The van der Waals surface area contributed by atoms with Crippen molar-refractivity contribution in [2.45, 2.75) is 12.3 Å². The summed E-state index contributed by atoms with van der Waals surface area (Å²) in [5, 5.41) is 0. The Balaban J connectivity index is 2.03. The highest BCUT2D eigenvalue weighted by atomic mass is 31.1. The van der Waals surface area contributed by atoms with Crippen LogP contribution < -0.4 is 4.74 Å². The van der Waals surface area contributed by atoms with E-state index in [0.29, 0.717) is 12.3 Å². The number of ether oxygens (including phenoxy) is 1. The summed E-state index contributed by atoms with van der Waals surface area (Å²) in [5.41, 5.74) is 2.16. The van der Waals surface area contributed by atoms with E-state index in [2.05, 4.69) is 0 Å². The van der Waals surface area contributed by atoms with Crippen molar-refractivity contribution in [2.75, 3.05) is 7.11 Å². The van der Waals surface area contributed by atoms with Crippen molar-refractivity contribution in [3.63, 3.8) is 0 Å². The minimum absolute atomic E-state index is 0.601. The van der Waals surface area contributed by atoms with Gasteiger partial charge in [0.15, 0.2) is 0 Å². The van der Waals surface area contributed by atoms with E-state index >= 15 is 0 Å². The number of hydrogen-bond donors (Lipinski definition) is 0. The van der Waals surface area contributed by atoms with Gasteiger partial charge in [0.05, 0.1) is 14.9 Å². The van der Waals surface area contributed by atoms with E-state index in [-0.39, 0.29) is 0 Å². The van der Waals surface area contributed by atoms with Crippen LogP contribution in [0.25, 0.3) is 0 Å². The van der Waals surface area contributed by atoms with Gasteiger partial charge in [0.25, 0.3) is 0 Å². The third-order valence-electron chi connectivity index (χ3n) is 2.82. The predicted octanol–water partition coefficient (Wildman–Crippen LogP) is 3.96. The van der Waals surface area contributed by atoms with Gasteiger partial charge in [-0.1, -0.05) is 48.5 Å². The van der Waals surface area contributed by atoms with Crippen LogP contribution in [0.3, 0.4) is 0 Å². The van der Waals surface area contributed by atoms with Gasteiger partial charge in [-0.05, 0) is 11.6 Å². The molecule has 2 nitrogen and oxygen atoms in total. The fraction of sp³-hybridized carbons (Fsp3) is 0.200. The van der Waals surface area contributed by atoms with Gasteiger partial charge in [-0.2, -0.15) is 0 Å². The lowest BCUT2D eigenvalue weighted by Gasteiger charge is -2.08. The average Bonchev–Trinajstić information content (AvgIpc) is 2.40. The van der Waals surface area contributed by atoms with Gasteiger partial charge in [0.2, 0.25) is 0 Å². The van der Waals surface area contributed by atoms with Crippen molar-refractivity contribution in [1.29, 1.82) is 0 Å². The monoisotopic (exact) mass is 260 g/mol. The SMILES string of the molecule is COc1ccccc1C[PH](=O)Cc1ccccc1. The third kappa shape index (κ3) is 3.48. The van der Waals surface area contributed by atoms with Gasteiger partial charge in [-0.15, -0.1) is 0 Å². The topological polar surface area (TPSA) is 26.3 Å². The summed E-state index contributed by atoms with van der Waals surface area (Å²) in [7, 11) is -0.0102. The molecule has 0 saturated heterocycles. The molecule has 2 aromatic carbocycles. The summed E-state index contributed by atoms with van der Waals surface area (Å²) < 4.78 is 17.5. The Hall–Kier alpha value is -1.53. The van der Waals surface area contributed by atoms with Crippen LogP contribution in [0.5, 0.6) is 5.75 Å². The number of benzene rings is 2. The molecule has 2 aromatic rings. The third-order valence-corrected chi connectivity index (χ3v) is 4.40. The lowest BCUT2D eigenvalue weighted by molar-refractivity contribution is 0.411. The Morgan fingerprint density at radius 2 is 1.61 bits per heavy atom. The van der Waals surface area contributed by atoms with Crippen LogP contribution in [0, 0.1) is 0 Å². The van der Waals surface area contributed by atoms with Gasteiger partial charge < -0.3 is 9.30 Å². The zero-order valence-corrected chi connectivity index (χ0v) is 11.4. The van der Waals surface area contributed by atoms with Crippen LogP contribution in [0.1, 0.15) is 11.1 Å². The first-order valence-electron chi connectivity index (χ1n) is 5.97. The maximum Gasteiger partial charge on any atom is 0.122 e. The van der Waals surface area contributed by atoms with Crippen LogP contribution in [0.15, 0.2) is 54.6 Å². The molecule has 0 aliphatic carbocycles. The summed E-state index contributed by atoms with van der Waals surface area (Å²) in [4.78, 5) is 0. The van der Waals surface area contributed by atoms with Gasteiger partial charge in [-0.25, -0.2) is 0 Å². The van der Waals surface area contributed by atoms with Crippen molar-refractivity contribution in [3.05, 3.63) is 65.7 Å². The molecule has 0 aromatic heterocycles. The van der Waals surface area contributed by atoms with E-state index in [1.807, 2.05) is 54.6 Å². The Kier molecular flexibility index (Phi) is 4.60. The first kappa shape index (κ1) is 12.9. The molecular formula is C15H17O2P. The quantitative estimate of drug-likeness (QED) is 0.761. The molecule has 2 rings (SSSR count). The summed E-state index contributed by atoms with van der Waals surface area (Å²) >= 11 is 0. The number of rotatable bonds is 5. The largest absolute Gasteiger partial charge is 0.496 e. The van der Waals surface area contributed by atoms with E-state index in [9.17, 15) is 4.57 Å². The van der Waals surface area contributed by atoms with Crippen LogP contribution in [-0.2, 0) is 16.9 Å². The van der Waals surface area contributed by atoms with Gasteiger partial charge in [0.1, 0.15) is 5.75 Å².